The number of carbonyl (C=O) groups excluding carboxylic acids is 1. The van der Waals surface area contributed by atoms with Crippen LogP contribution in [0.1, 0.15) is 19.8 Å². The van der Waals surface area contributed by atoms with Crippen molar-refractivity contribution in [1.82, 2.24) is 15.3 Å². The van der Waals surface area contributed by atoms with E-state index < -0.39 is 4.92 Å². The number of hydrogen-bond acceptors (Lipinski definition) is 7. The highest BCUT2D eigenvalue weighted by molar-refractivity contribution is 5.73. The molecule has 1 amide bonds. The van der Waals surface area contributed by atoms with Crippen molar-refractivity contribution in [2.24, 2.45) is 0 Å². The number of rotatable bonds is 4. The molecule has 1 fully saturated rings. The van der Waals surface area contributed by atoms with Crippen LogP contribution in [0.2, 0.25) is 0 Å². The van der Waals surface area contributed by atoms with Gasteiger partial charge in [-0.2, -0.15) is 0 Å². The van der Waals surface area contributed by atoms with Crippen molar-refractivity contribution < 1.29 is 9.72 Å². The van der Waals surface area contributed by atoms with Gasteiger partial charge in [0, 0.05) is 33.1 Å². The second kappa shape index (κ2) is 6.33. The van der Waals surface area contributed by atoms with Crippen LogP contribution in [0.3, 0.4) is 0 Å². The Hall–Kier alpha value is -2.45. The van der Waals surface area contributed by atoms with Gasteiger partial charge in [0.05, 0.1) is 4.92 Å². The molecular formula is C12H18N6O3. The molecule has 21 heavy (non-hydrogen) atoms. The Kier molecular flexibility index (Phi) is 4.51. The summed E-state index contributed by atoms with van der Waals surface area (Å²) in [6, 6.07) is 0.114. The van der Waals surface area contributed by atoms with Gasteiger partial charge >= 0.3 is 5.69 Å². The molecular weight excluding hydrogens is 276 g/mol. The zero-order valence-corrected chi connectivity index (χ0v) is 12.0. The largest absolute Gasteiger partial charge is 0.367 e. The Morgan fingerprint density at radius 3 is 2.62 bits per heavy atom. The van der Waals surface area contributed by atoms with Crippen LogP contribution >= 0.6 is 0 Å². The minimum absolute atomic E-state index is 0.0565. The van der Waals surface area contributed by atoms with E-state index >= 15 is 0 Å². The summed E-state index contributed by atoms with van der Waals surface area (Å²) >= 11 is 0. The maximum atomic E-state index is 11.3. The summed E-state index contributed by atoms with van der Waals surface area (Å²) in [7, 11) is 1.59. The van der Waals surface area contributed by atoms with Gasteiger partial charge in [-0.05, 0) is 12.8 Å². The van der Waals surface area contributed by atoms with E-state index in [0.717, 1.165) is 12.8 Å². The topological polar surface area (TPSA) is 113 Å². The van der Waals surface area contributed by atoms with Crippen molar-refractivity contribution in [1.29, 1.82) is 0 Å². The van der Waals surface area contributed by atoms with Crippen LogP contribution < -0.4 is 15.5 Å². The van der Waals surface area contributed by atoms with Gasteiger partial charge in [-0.25, -0.2) is 9.97 Å². The Bertz CT molecular complexity index is 542. The first-order chi connectivity index (χ1) is 10.0. The Morgan fingerprint density at radius 1 is 1.43 bits per heavy atom. The van der Waals surface area contributed by atoms with E-state index in [1.54, 1.807) is 7.05 Å². The van der Waals surface area contributed by atoms with E-state index in [-0.39, 0.29) is 23.5 Å². The number of nitrogens with one attached hydrogen (secondary N) is 2. The average Bonchev–Trinajstić information content (AvgIpc) is 2.46. The summed E-state index contributed by atoms with van der Waals surface area (Å²) in [6.07, 6.45) is 2.78. The van der Waals surface area contributed by atoms with Gasteiger partial charge in [0.15, 0.2) is 0 Å². The fourth-order valence-corrected chi connectivity index (χ4v) is 2.48. The van der Waals surface area contributed by atoms with Gasteiger partial charge in [-0.15, -0.1) is 0 Å². The first-order valence-electron chi connectivity index (χ1n) is 6.72. The van der Waals surface area contributed by atoms with Crippen molar-refractivity contribution in [3.8, 4) is 0 Å². The second-order valence-corrected chi connectivity index (χ2v) is 4.86. The molecule has 1 aliphatic rings. The van der Waals surface area contributed by atoms with E-state index in [1.807, 2.05) is 4.90 Å². The quantitative estimate of drug-likeness (QED) is 0.615. The molecule has 114 valence electrons. The van der Waals surface area contributed by atoms with Gasteiger partial charge in [-0.1, -0.05) is 0 Å². The molecule has 0 spiro atoms. The van der Waals surface area contributed by atoms with Crippen molar-refractivity contribution in [3.63, 3.8) is 0 Å². The van der Waals surface area contributed by atoms with Gasteiger partial charge in [0.1, 0.15) is 6.33 Å². The lowest BCUT2D eigenvalue weighted by Crippen LogP contribution is -2.44. The zero-order valence-electron chi connectivity index (χ0n) is 12.0. The number of aromatic nitrogens is 2. The monoisotopic (exact) mass is 294 g/mol. The molecule has 0 aromatic carbocycles. The lowest BCUT2D eigenvalue weighted by molar-refractivity contribution is -0.383. The number of piperidine rings is 1. The van der Waals surface area contributed by atoms with Crippen LogP contribution in [-0.4, -0.2) is 47.0 Å². The Morgan fingerprint density at radius 2 is 2.10 bits per heavy atom. The third-order valence-electron chi connectivity index (χ3n) is 3.42. The molecule has 2 heterocycles. The van der Waals surface area contributed by atoms with E-state index in [1.165, 1.54) is 13.3 Å². The van der Waals surface area contributed by atoms with E-state index in [0.29, 0.717) is 18.9 Å². The van der Waals surface area contributed by atoms with Crippen LogP contribution in [0.25, 0.3) is 0 Å². The average molecular weight is 294 g/mol. The van der Waals surface area contributed by atoms with Gasteiger partial charge in [0.25, 0.3) is 0 Å². The molecule has 0 saturated carbocycles. The maximum Gasteiger partial charge on any atom is 0.353 e. The molecule has 9 nitrogen and oxygen atoms in total. The van der Waals surface area contributed by atoms with Crippen LogP contribution in [0.15, 0.2) is 6.33 Å². The molecule has 0 unspecified atom stereocenters. The van der Waals surface area contributed by atoms with Crippen LogP contribution in [-0.2, 0) is 4.79 Å². The van der Waals surface area contributed by atoms with E-state index in [2.05, 4.69) is 20.6 Å². The highest BCUT2D eigenvalue weighted by Gasteiger charge is 2.29. The fraction of sp³-hybridized carbons (Fsp3) is 0.583. The van der Waals surface area contributed by atoms with E-state index in [9.17, 15) is 14.9 Å². The van der Waals surface area contributed by atoms with E-state index in [4.69, 9.17) is 0 Å². The molecule has 0 aliphatic carbocycles. The predicted molar refractivity (Wildman–Crippen MR) is 77.3 cm³/mol. The van der Waals surface area contributed by atoms with Gasteiger partial charge in [-0.3, -0.25) is 14.9 Å². The van der Waals surface area contributed by atoms with Crippen LogP contribution in [0, 0.1) is 10.1 Å². The SMILES string of the molecule is CNc1ncnc(N2CCC(NC(C)=O)CC2)c1[N+](=O)[O-]. The first kappa shape index (κ1) is 14.9. The molecule has 9 heteroatoms. The number of nitro groups is 1. The summed E-state index contributed by atoms with van der Waals surface area (Å²) in [5.74, 6) is 0.466. The third-order valence-corrected chi connectivity index (χ3v) is 3.42. The standard InChI is InChI=1S/C12H18N6O3/c1-8(19)16-9-3-5-17(6-4-9)12-10(18(20)21)11(13-2)14-7-15-12/h7,9H,3-6H2,1-2H3,(H,16,19)(H,13,14,15). The first-order valence-corrected chi connectivity index (χ1v) is 6.72. The van der Waals surface area contributed by atoms with Crippen molar-refractivity contribution in [2.75, 3.05) is 30.4 Å². The van der Waals surface area contributed by atoms with Gasteiger partial charge < -0.3 is 15.5 Å². The zero-order chi connectivity index (χ0) is 15.4. The summed E-state index contributed by atoms with van der Waals surface area (Å²) < 4.78 is 0. The molecule has 1 aliphatic heterocycles. The minimum atomic E-state index is -0.471. The number of anilines is 2. The van der Waals surface area contributed by atoms with Crippen molar-refractivity contribution in [2.45, 2.75) is 25.8 Å². The predicted octanol–water partition coefficient (Wildman–Crippen LogP) is 0.531. The van der Waals surface area contributed by atoms with Crippen molar-refractivity contribution in [3.05, 3.63) is 16.4 Å². The molecule has 1 aromatic rings. The second-order valence-electron chi connectivity index (χ2n) is 4.86. The molecule has 2 rings (SSSR count). The normalized spacial score (nSPS) is 15.6. The lowest BCUT2D eigenvalue weighted by Gasteiger charge is -2.32. The summed E-state index contributed by atoms with van der Waals surface area (Å²) in [5, 5.41) is 16.8. The highest BCUT2D eigenvalue weighted by atomic mass is 16.6. The fourth-order valence-electron chi connectivity index (χ4n) is 2.48. The molecule has 0 bridgehead atoms. The summed E-state index contributed by atoms with van der Waals surface area (Å²) in [4.78, 5) is 31.6. The molecule has 1 saturated heterocycles. The minimum Gasteiger partial charge on any atom is -0.367 e. The lowest BCUT2D eigenvalue weighted by atomic mass is 10.0. The smallest absolute Gasteiger partial charge is 0.353 e. The molecule has 0 atom stereocenters. The molecule has 0 radical (unpaired) electrons. The summed E-state index contributed by atoms with van der Waals surface area (Å²) in [6.45, 7) is 2.69. The number of amides is 1. The maximum absolute atomic E-state index is 11.3. The molecule has 2 N–H and O–H groups in total. The Labute approximate surface area is 121 Å². The number of nitrogens with zero attached hydrogens (tertiary/aromatic N) is 4. The van der Waals surface area contributed by atoms with Crippen molar-refractivity contribution >= 4 is 23.2 Å². The highest BCUT2D eigenvalue weighted by Crippen LogP contribution is 2.32. The number of carbonyl (C=O) groups is 1. The Balaban J connectivity index is 2.17. The van der Waals surface area contributed by atoms with Gasteiger partial charge in [0.2, 0.25) is 17.5 Å². The third kappa shape index (κ3) is 3.36. The van der Waals surface area contributed by atoms with Crippen LogP contribution in [0.4, 0.5) is 17.3 Å². The van der Waals surface area contributed by atoms with Crippen LogP contribution in [0.5, 0.6) is 0 Å². The number of hydrogen-bond donors (Lipinski definition) is 2. The summed E-state index contributed by atoms with van der Waals surface area (Å²) in [5.41, 5.74) is -0.113. The molecule has 1 aromatic heterocycles.